The zero-order valence-corrected chi connectivity index (χ0v) is 10.7. The van der Waals surface area contributed by atoms with Crippen molar-refractivity contribution < 1.29 is 13.5 Å². The molecule has 0 radical (unpaired) electrons. The van der Waals surface area contributed by atoms with Crippen molar-refractivity contribution in [1.82, 2.24) is 4.31 Å². The molecule has 17 heavy (non-hydrogen) atoms. The first-order chi connectivity index (χ1) is 8.07. The first-order valence-corrected chi connectivity index (χ1v) is 7.22. The average Bonchev–Trinajstić information content (AvgIpc) is 2.27. The van der Waals surface area contributed by atoms with E-state index in [0.717, 1.165) is 12.0 Å². The molecule has 0 saturated carbocycles. The van der Waals surface area contributed by atoms with E-state index < -0.39 is 10.0 Å². The summed E-state index contributed by atoms with van der Waals surface area (Å²) in [6, 6.07) is 7.04. The second-order valence-corrected chi connectivity index (χ2v) is 6.31. The van der Waals surface area contributed by atoms with Crippen LogP contribution < -0.4 is 0 Å². The monoisotopic (exact) mass is 255 g/mol. The van der Waals surface area contributed by atoms with Crippen molar-refractivity contribution >= 4 is 10.0 Å². The van der Waals surface area contributed by atoms with E-state index in [4.69, 9.17) is 5.11 Å². The number of sulfonamides is 1. The molecule has 1 aromatic rings. The van der Waals surface area contributed by atoms with Crippen molar-refractivity contribution in [3.63, 3.8) is 0 Å². The van der Waals surface area contributed by atoms with Crippen molar-refractivity contribution in [2.45, 2.75) is 18.2 Å². The Kier molecular flexibility index (Phi) is 3.51. The van der Waals surface area contributed by atoms with Gasteiger partial charge in [0.05, 0.1) is 4.90 Å². The van der Waals surface area contributed by atoms with Gasteiger partial charge in [-0.2, -0.15) is 4.31 Å². The molecule has 1 fully saturated rings. The van der Waals surface area contributed by atoms with Gasteiger partial charge in [-0.3, -0.25) is 0 Å². The predicted octanol–water partition coefficient (Wildman–Crippen LogP) is 0.862. The van der Waals surface area contributed by atoms with E-state index >= 15 is 0 Å². The summed E-state index contributed by atoms with van der Waals surface area (Å²) in [5.74, 6) is 0.0964. The van der Waals surface area contributed by atoms with Gasteiger partial charge in [0.15, 0.2) is 0 Å². The molecule has 0 bridgehead atoms. The Morgan fingerprint density at radius 1 is 1.41 bits per heavy atom. The van der Waals surface area contributed by atoms with Crippen molar-refractivity contribution in [3.05, 3.63) is 29.8 Å². The molecule has 1 aliphatic rings. The summed E-state index contributed by atoms with van der Waals surface area (Å²) in [6.45, 7) is 2.91. The van der Waals surface area contributed by atoms with Crippen LogP contribution in [0.15, 0.2) is 29.2 Å². The SMILES string of the molecule is CCc1cccc(S(=O)(=O)N2CC(CO)C2)c1. The largest absolute Gasteiger partial charge is 0.396 e. The maximum absolute atomic E-state index is 12.2. The maximum atomic E-state index is 12.2. The van der Waals surface area contributed by atoms with Crippen LogP contribution in [0.25, 0.3) is 0 Å². The molecule has 0 unspecified atom stereocenters. The number of hydrogen-bond acceptors (Lipinski definition) is 3. The highest BCUT2D eigenvalue weighted by molar-refractivity contribution is 7.89. The molecule has 0 atom stereocenters. The number of nitrogens with zero attached hydrogens (tertiary/aromatic N) is 1. The van der Waals surface area contributed by atoms with Crippen molar-refractivity contribution in [2.75, 3.05) is 19.7 Å². The van der Waals surface area contributed by atoms with Crippen LogP contribution in [0.2, 0.25) is 0 Å². The summed E-state index contributed by atoms with van der Waals surface area (Å²) in [7, 11) is -3.36. The Balaban J connectivity index is 2.21. The van der Waals surface area contributed by atoms with E-state index in [0.29, 0.717) is 18.0 Å². The van der Waals surface area contributed by atoms with Gasteiger partial charge in [-0.25, -0.2) is 8.42 Å². The van der Waals surface area contributed by atoms with E-state index in [-0.39, 0.29) is 12.5 Å². The maximum Gasteiger partial charge on any atom is 0.243 e. The van der Waals surface area contributed by atoms with Crippen molar-refractivity contribution in [3.8, 4) is 0 Å². The number of hydrogen-bond donors (Lipinski definition) is 1. The molecule has 1 saturated heterocycles. The lowest BCUT2D eigenvalue weighted by atomic mass is 10.1. The first-order valence-electron chi connectivity index (χ1n) is 5.78. The zero-order chi connectivity index (χ0) is 12.5. The Hall–Kier alpha value is -0.910. The van der Waals surface area contributed by atoms with Crippen LogP contribution in [0.3, 0.4) is 0 Å². The fraction of sp³-hybridized carbons (Fsp3) is 0.500. The minimum Gasteiger partial charge on any atom is -0.396 e. The summed E-state index contributed by atoms with van der Waals surface area (Å²) in [5, 5.41) is 8.90. The molecule has 1 N–H and O–H groups in total. The van der Waals surface area contributed by atoms with Gasteiger partial charge in [-0.15, -0.1) is 0 Å². The number of benzene rings is 1. The van der Waals surface area contributed by atoms with Gasteiger partial charge >= 0.3 is 0 Å². The van der Waals surface area contributed by atoms with E-state index in [2.05, 4.69) is 0 Å². The Morgan fingerprint density at radius 2 is 2.12 bits per heavy atom. The highest BCUT2D eigenvalue weighted by atomic mass is 32.2. The summed E-state index contributed by atoms with van der Waals surface area (Å²) in [4.78, 5) is 0.355. The van der Waals surface area contributed by atoms with Gasteiger partial charge in [0, 0.05) is 25.6 Å². The molecule has 0 aromatic heterocycles. The fourth-order valence-corrected chi connectivity index (χ4v) is 3.57. The molecule has 0 spiro atoms. The van der Waals surface area contributed by atoms with E-state index in [1.165, 1.54) is 4.31 Å². The van der Waals surface area contributed by atoms with Crippen molar-refractivity contribution in [2.24, 2.45) is 5.92 Å². The molecule has 0 amide bonds. The minimum absolute atomic E-state index is 0.0566. The van der Waals surface area contributed by atoms with Crippen LogP contribution in [0.1, 0.15) is 12.5 Å². The molecule has 4 nitrogen and oxygen atoms in total. The lowest BCUT2D eigenvalue weighted by Gasteiger charge is -2.36. The quantitative estimate of drug-likeness (QED) is 0.868. The number of aryl methyl sites for hydroxylation is 1. The van der Waals surface area contributed by atoms with Gasteiger partial charge in [0.2, 0.25) is 10.0 Å². The Morgan fingerprint density at radius 3 is 2.71 bits per heavy atom. The smallest absolute Gasteiger partial charge is 0.243 e. The third-order valence-corrected chi connectivity index (χ3v) is 4.95. The van der Waals surface area contributed by atoms with Gasteiger partial charge in [-0.1, -0.05) is 19.1 Å². The third-order valence-electron chi connectivity index (χ3n) is 3.13. The molecule has 5 heteroatoms. The second kappa shape index (κ2) is 4.76. The average molecular weight is 255 g/mol. The van der Waals surface area contributed by atoms with Gasteiger partial charge in [0.25, 0.3) is 0 Å². The molecule has 2 rings (SSSR count). The van der Waals surface area contributed by atoms with Gasteiger partial charge in [-0.05, 0) is 24.1 Å². The highest BCUT2D eigenvalue weighted by Gasteiger charge is 2.36. The Labute approximate surface area is 102 Å². The Bertz CT molecular complexity index is 492. The van der Waals surface area contributed by atoms with Gasteiger partial charge in [0.1, 0.15) is 0 Å². The number of aliphatic hydroxyl groups excluding tert-OH is 1. The third kappa shape index (κ3) is 2.36. The number of aliphatic hydroxyl groups is 1. The van der Waals surface area contributed by atoms with E-state index in [1.807, 2.05) is 13.0 Å². The molecular weight excluding hydrogens is 238 g/mol. The summed E-state index contributed by atoms with van der Waals surface area (Å²) in [6.07, 6.45) is 0.822. The molecule has 94 valence electrons. The van der Waals surface area contributed by atoms with Gasteiger partial charge < -0.3 is 5.11 Å². The molecule has 0 aliphatic carbocycles. The van der Waals surface area contributed by atoms with Crippen molar-refractivity contribution in [1.29, 1.82) is 0 Å². The second-order valence-electron chi connectivity index (χ2n) is 4.37. The van der Waals surface area contributed by atoms with Crippen LogP contribution in [0.5, 0.6) is 0 Å². The summed E-state index contributed by atoms with van der Waals surface area (Å²) < 4.78 is 25.8. The van der Waals surface area contributed by atoms with Crippen LogP contribution in [-0.4, -0.2) is 37.5 Å². The van der Waals surface area contributed by atoms with E-state index in [1.54, 1.807) is 18.2 Å². The topological polar surface area (TPSA) is 57.6 Å². The first kappa shape index (κ1) is 12.5. The molecule has 1 aromatic carbocycles. The van der Waals surface area contributed by atoms with Crippen LogP contribution >= 0.6 is 0 Å². The van der Waals surface area contributed by atoms with Crippen LogP contribution in [0.4, 0.5) is 0 Å². The van der Waals surface area contributed by atoms with E-state index in [9.17, 15) is 8.42 Å². The molecule has 1 heterocycles. The predicted molar refractivity (Wildman–Crippen MR) is 65.2 cm³/mol. The lowest BCUT2D eigenvalue weighted by molar-refractivity contribution is 0.117. The summed E-state index contributed by atoms with van der Waals surface area (Å²) >= 11 is 0. The molecule has 1 aliphatic heterocycles. The summed E-state index contributed by atoms with van der Waals surface area (Å²) in [5.41, 5.74) is 1.02. The normalized spacial score (nSPS) is 18.0. The zero-order valence-electron chi connectivity index (χ0n) is 9.83. The highest BCUT2D eigenvalue weighted by Crippen LogP contribution is 2.25. The van der Waals surface area contributed by atoms with Crippen LogP contribution in [0, 0.1) is 5.92 Å². The fourth-order valence-electron chi connectivity index (χ4n) is 1.91. The lowest BCUT2D eigenvalue weighted by Crippen LogP contribution is -2.51. The number of rotatable bonds is 4. The standard InChI is InChI=1S/C12H17NO3S/c1-2-10-4-3-5-12(6-10)17(15,16)13-7-11(8-13)9-14/h3-6,11,14H,2,7-9H2,1H3. The minimum atomic E-state index is -3.36. The van der Waals surface area contributed by atoms with Crippen LogP contribution in [-0.2, 0) is 16.4 Å². The molecular formula is C12H17NO3S.